The highest BCUT2D eigenvalue weighted by Gasteiger charge is 2.25. The number of anilines is 4. The zero-order chi connectivity index (χ0) is 86.7. The lowest BCUT2D eigenvalue weighted by Crippen LogP contribution is -2.14. The third kappa shape index (κ3) is 19.4. The van der Waals surface area contributed by atoms with E-state index in [1.807, 2.05) is 91.0 Å². The molecule has 0 unspecified atom stereocenters. The number of halogens is 1. The fourth-order valence-corrected chi connectivity index (χ4v) is 12.2. The van der Waals surface area contributed by atoms with E-state index in [0.717, 1.165) is 5.56 Å². The van der Waals surface area contributed by atoms with Crippen LogP contribution in [0, 0.1) is 45.3 Å². The predicted octanol–water partition coefficient (Wildman–Crippen LogP) is 21.2. The van der Waals surface area contributed by atoms with Crippen LogP contribution in [0.15, 0.2) is 290 Å². The van der Waals surface area contributed by atoms with Crippen molar-refractivity contribution in [3.05, 3.63) is 304 Å². The number of nitriles is 4. The van der Waals surface area contributed by atoms with E-state index in [2.05, 4.69) is 124 Å². The zero-order valence-electron chi connectivity index (χ0n) is 65.0. The molecule has 4 heterocycles. The number of hydrogen-bond donors (Lipinski definition) is 12. The predicted molar refractivity (Wildman–Crippen MR) is 460 cm³/mol. The number of carbonyl (C=O) groups is 4. The second-order valence-electron chi connectivity index (χ2n) is 27.4. The van der Waals surface area contributed by atoms with Gasteiger partial charge in [-0.15, -0.1) is 40.9 Å². The van der Waals surface area contributed by atoms with Crippen LogP contribution < -0.4 is 26.0 Å². The summed E-state index contributed by atoms with van der Waals surface area (Å²) >= 11 is 5.87. The molecule has 0 atom stereocenters. The molecule has 0 saturated heterocycles. The van der Waals surface area contributed by atoms with Gasteiger partial charge in [0.1, 0.15) is 75.0 Å². The number of aromatic nitrogens is 8. The standard InChI is InChI=1S/C25H22N6O2.C22H16N6O3.C21H13ClN6O2.C21H14N6O2/c1-25(2,3)17-8-10-18(11-9-17)28-24(33)20-12-15-6-4-5-7-19(15)21(22(20)32)29-31-23-16(13-26)14-27-30-23;1-31-16-8-6-15(7-9-16)25-22(30)18-10-13-4-2-3-5-17(13)19(20(18)29)26-28-21-14(11-23)12-24-27-21;22-14-5-7-15(8-6-14)25-21(30)17-9-12-3-1-2-4-16(12)18(19(17)29)26-28-20-13(10-23)11-24-27-20;22-11-14-12-23-26-20(14)27-25-18-16-9-5-4-6-13(16)10-17(19(18)28)21(29)24-15-7-2-1-3-8-15/h4-12,14,32H,1-3H3,(H,27,30)(H,28,33);2-10,12,29H,1H3,(H,24,27)(H,25,30);1-9,11,29H,(H,24,27)(H,25,30);1-10,12,28H,(H,23,26)(H,24,29). The molecule has 4 amide bonds. The molecule has 12 N–H and O–H groups in total. The number of amides is 4. The number of carbonyl (C=O) groups excluding carboxylic acids is 4. The highest BCUT2D eigenvalue weighted by molar-refractivity contribution is 6.30. The third-order valence-corrected chi connectivity index (χ3v) is 18.7. The number of phenols is 4. The highest BCUT2D eigenvalue weighted by atomic mass is 35.5. The Morgan fingerprint density at radius 2 is 0.610 bits per heavy atom. The number of para-hydroxylation sites is 1. The maximum absolute atomic E-state index is 13.0. The number of phenolic OH excluding ortho intramolecular Hbond substituents is 4. The first-order chi connectivity index (χ1) is 59.6. The van der Waals surface area contributed by atoms with Crippen LogP contribution in [0.1, 0.15) is 90.0 Å². The van der Waals surface area contributed by atoms with E-state index in [1.54, 1.807) is 165 Å². The quantitative estimate of drug-likeness (QED) is 0.0377. The van der Waals surface area contributed by atoms with E-state index in [1.165, 1.54) is 24.8 Å². The molecule has 12 aromatic carbocycles. The summed E-state index contributed by atoms with van der Waals surface area (Å²) in [5, 5.41) is 154. The van der Waals surface area contributed by atoms with Crippen LogP contribution in [-0.4, -0.2) is 92.0 Å². The highest BCUT2D eigenvalue weighted by Crippen LogP contribution is 2.45. The Kier molecular flexibility index (Phi) is 25.5. The molecule has 16 aromatic rings. The molecule has 0 saturated carbocycles. The molecule has 0 bridgehead atoms. The van der Waals surface area contributed by atoms with Crippen molar-refractivity contribution in [1.82, 2.24) is 40.8 Å². The van der Waals surface area contributed by atoms with Crippen LogP contribution >= 0.6 is 11.6 Å². The number of nitrogens with one attached hydrogen (secondary N) is 8. The lowest BCUT2D eigenvalue weighted by molar-refractivity contribution is 0.101. The molecule has 0 aliphatic rings. The molecule has 0 aliphatic heterocycles. The van der Waals surface area contributed by atoms with Crippen molar-refractivity contribution in [2.24, 2.45) is 40.9 Å². The lowest BCUT2D eigenvalue weighted by Gasteiger charge is -2.19. The van der Waals surface area contributed by atoms with Crippen molar-refractivity contribution in [2.75, 3.05) is 28.4 Å². The van der Waals surface area contributed by atoms with Crippen molar-refractivity contribution in [1.29, 1.82) is 21.0 Å². The van der Waals surface area contributed by atoms with Crippen LogP contribution in [0.25, 0.3) is 43.1 Å². The molecule has 0 fully saturated rings. The Morgan fingerprint density at radius 1 is 0.358 bits per heavy atom. The van der Waals surface area contributed by atoms with Crippen molar-refractivity contribution in [3.8, 4) is 53.0 Å². The number of hydrogen-bond acceptors (Lipinski definition) is 25. The third-order valence-electron chi connectivity index (χ3n) is 18.4. The molecule has 0 aliphatic carbocycles. The number of azo groups is 4. The molecule has 123 heavy (non-hydrogen) atoms. The SMILES string of the molecule is CC(C)(C)c1ccc(NC(=O)c2cc3ccccc3c(N=Nc3[nH]ncc3C#N)c2O)cc1.COc1ccc(NC(=O)c2cc3ccccc3c(N=Nc3[nH]ncc3C#N)c2O)cc1.N#Cc1cn[nH]c1N=Nc1c(O)c(C(=O)Nc2ccc(Cl)cc2)cc2ccccc12.N#Cc1cn[nH]c1N=Nc1c(O)c(C(=O)Nc2ccccc2)cc2ccccc12. The van der Waals surface area contributed by atoms with Gasteiger partial charge in [-0.25, -0.2) is 0 Å². The number of aromatic hydroxyl groups is 4. The van der Waals surface area contributed by atoms with Crippen LogP contribution in [0.4, 0.5) is 68.8 Å². The van der Waals surface area contributed by atoms with Gasteiger partial charge in [-0.05, 0) is 130 Å². The number of fused-ring (bicyclic) bond motifs is 4. The number of nitrogens with zero attached hydrogens (tertiary/aromatic N) is 16. The summed E-state index contributed by atoms with van der Waals surface area (Å²) < 4.78 is 5.11. The molecular weight excluding hydrogens is 1580 g/mol. The van der Waals surface area contributed by atoms with Crippen LogP contribution in [0.5, 0.6) is 28.7 Å². The van der Waals surface area contributed by atoms with Gasteiger partial charge in [0, 0.05) is 49.3 Å². The number of methoxy groups -OCH3 is 1. The number of aromatic amines is 4. The van der Waals surface area contributed by atoms with Gasteiger partial charge in [-0.1, -0.05) is 160 Å². The normalized spacial score (nSPS) is 11.1. The molecule has 16 rings (SSSR count). The van der Waals surface area contributed by atoms with Crippen molar-refractivity contribution in [3.63, 3.8) is 0 Å². The van der Waals surface area contributed by atoms with Crippen LogP contribution in [0.2, 0.25) is 5.02 Å². The first kappa shape index (κ1) is 83.0. The second-order valence-corrected chi connectivity index (χ2v) is 27.8. The van der Waals surface area contributed by atoms with E-state index in [4.69, 9.17) is 37.4 Å². The fourth-order valence-electron chi connectivity index (χ4n) is 12.1. The fraction of sp³-hybridized carbons (Fsp3) is 0.0562. The largest absolute Gasteiger partial charge is 0.505 e. The van der Waals surface area contributed by atoms with Gasteiger partial charge in [0.15, 0.2) is 46.3 Å². The summed E-state index contributed by atoms with van der Waals surface area (Å²) in [6.07, 6.45) is 5.31. The summed E-state index contributed by atoms with van der Waals surface area (Å²) in [4.78, 5) is 51.5. The monoisotopic (exact) mass is 1650 g/mol. The molecule has 602 valence electrons. The minimum Gasteiger partial charge on any atom is -0.505 e. The van der Waals surface area contributed by atoms with E-state index >= 15 is 0 Å². The lowest BCUT2D eigenvalue weighted by atomic mass is 9.87. The number of H-pyrrole nitrogens is 4. The van der Waals surface area contributed by atoms with Gasteiger partial charge < -0.3 is 46.4 Å². The van der Waals surface area contributed by atoms with Gasteiger partial charge in [-0.2, -0.15) is 41.4 Å². The first-order valence-corrected chi connectivity index (χ1v) is 37.2. The topological polar surface area (TPSA) is 515 Å². The van der Waals surface area contributed by atoms with E-state index in [9.17, 15) is 39.6 Å². The summed E-state index contributed by atoms with van der Waals surface area (Å²) in [7, 11) is 1.56. The van der Waals surface area contributed by atoms with E-state index in [0.29, 0.717) is 76.6 Å². The van der Waals surface area contributed by atoms with Gasteiger partial charge >= 0.3 is 0 Å². The number of rotatable bonds is 17. The minimum atomic E-state index is -0.517. The van der Waals surface area contributed by atoms with Crippen LogP contribution in [0.3, 0.4) is 0 Å². The van der Waals surface area contributed by atoms with Crippen molar-refractivity contribution < 1.29 is 44.3 Å². The summed E-state index contributed by atoms with van der Waals surface area (Å²) in [6.45, 7) is 6.35. The molecule has 34 heteroatoms. The smallest absolute Gasteiger partial charge is 0.259 e. The molecule has 0 radical (unpaired) electrons. The van der Waals surface area contributed by atoms with Crippen LogP contribution in [-0.2, 0) is 5.41 Å². The summed E-state index contributed by atoms with van der Waals surface area (Å²) in [5.74, 6) is -1.97. The zero-order valence-corrected chi connectivity index (χ0v) is 65.8. The molecule has 0 spiro atoms. The van der Waals surface area contributed by atoms with Gasteiger partial charge in [0.2, 0.25) is 0 Å². The van der Waals surface area contributed by atoms with Gasteiger partial charge in [-0.3, -0.25) is 39.6 Å². The number of benzene rings is 12. The summed E-state index contributed by atoms with van der Waals surface area (Å²) in [6, 6.07) is 72.8. The van der Waals surface area contributed by atoms with Crippen molar-refractivity contribution >= 4 is 147 Å². The van der Waals surface area contributed by atoms with E-state index in [-0.39, 0.29) is 119 Å². The Labute approximate surface area is 702 Å². The average molecular weight is 1650 g/mol. The Morgan fingerprint density at radius 3 is 0.878 bits per heavy atom. The van der Waals surface area contributed by atoms with Gasteiger partial charge in [0.05, 0.1) is 54.2 Å². The number of ether oxygens (including phenoxy) is 1. The minimum absolute atomic E-state index is 0.000869. The molecule has 4 aromatic heterocycles. The Balaban J connectivity index is 0.000000141. The Bertz CT molecular complexity index is 7010. The molecule has 33 nitrogen and oxygen atoms in total. The second kappa shape index (κ2) is 37.8. The van der Waals surface area contributed by atoms with Crippen molar-refractivity contribution in [2.45, 2.75) is 26.2 Å². The van der Waals surface area contributed by atoms with Gasteiger partial charge in [0.25, 0.3) is 23.6 Å². The average Bonchev–Trinajstić information content (AvgIpc) is 1.23. The maximum atomic E-state index is 13.0. The maximum Gasteiger partial charge on any atom is 0.259 e. The molecular formula is C89H65ClN24O9. The van der Waals surface area contributed by atoms with E-state index < -0.39 is 23.6 Å². The summed E-state index contributed by atoms with van der Waals surface area (Å²) in [5.41, 5.74) is 4.93. The first-order valence-electron chi connectivity index (χ1n) is 36.8. The Hall–Kier alpha value is -17.9.